The smallest absolute Gasteiger partial charge is 0.387 e. The summed E-state index contributed by atoms with van der Waals surface area (Å²) >= 11 is 0. The van der Waals surface area contributed by atoms with E-state index in [2.05, 4.69) is 9.72 Å². The Bertz CT molecular complexity index is 549. The van der Waals surface area contributed by atoms with Crippen LogP contribution >= 0.6 is 0 Å². The molecule has 18 heavy (non-hydrogen) atoms. The lowest BCUT2D eigenvalue weighted by Crippen LogP contribution is -2.01. The highest BCUT2D eigenvalue weighted by atomic mass is 19.3. The van der Waals surface area contributed by atoms with Gasteiger partial charge in [0.05, 0.1) is 0 Å². The van der Waals surface area contributed by atoms with Crippen LogP contribution in [0.2, 0.25) is 0 Å². The van der Waals surface area contributed by atoms with Crippen LogP contribution in [0.15, 0.2) is 36.4 Å². The van der Waals surface area contributed by atoms with Crippen molar-refractivity contribution in [3.8, 4) is 17.0 Å². The third kappa shape index (κ3) is 2.65. The van der Waals surface area contributed by atoms with E-state index in [1.165, 1.54) is 18.2 Å². The molecule has 2 aromatic rings. The van der Waals surface area contributed by atoms with Gasteiger partial charge in [-0.1, -0.05) is 0 Å². The maximum atomic E-state index is 11.9. The summed E-state index contributed by atoms with van der Waals surface area (Å²) in [5, 5.41) is 8.75. The number of ether oxygens (including phenoxy) is 1. The van der Waals surface area contributed by atoms with Crippen LogP contribution in [-0.2, 0) is 0 Å². The molecular weight excluding hydrogens is 244 g/mol. The molecule has 0 saturated carbocycles. The molecule has 1 aromatic heterocycles. The van der Waals surface area contributed by atoms with Crippen molar-refractivity contribution in [2.45, 2.75) is 6.61 Å². The molecule has 0 bridgehead atoms. The highest BCUT2D eigenvalue weighted by molar-refractivity contribution is 5.86. The van der Waals surface area contributed by atoms with E-state index in [1.54, 1.807) is 18.2 Å². The maximum Gasteiger partial charge on any atom is 0.387 e. The van der Waals surface area contributed by atoms with Crippen LogP contribution in [-0.4, -0.2) is 22.7 Å². The molecule has 0 aliphatic rings. The van der Waals surface area contributed by atoms with Crippen LogP contribution in [0.4, 0.5) is 8.78 Å². The molecule has 0 atom stereocenters. The Labute approximate surface area is 101 Å². The molecule has 0 saturated heterocycles. The van der Waals surface area contributed by atoms with Crippen LogP contribution in [0.5, 0.6) is 5.75 Å². The lowest BCUT2D eigenvalue weighted by Gasteiger charge is -2.04. The number of hydrogen-bond acceptors (Lipinski definition) is 2. The van der Waals surface area contributed by atoms with Gasteiger partial charge in [-0.05, 0) is 42.0 Å². The van der Waals surface area contributed by atoms with E-state index >= 15 is 0 Å². The Morgan fingerprint density at radius 1 is 1.17 bits per heavy atom. The Morgan fingerprint density at radius 3 is 2.33 bits per heavy atom. The Balaban J connectivity index is 2.20. The minimum absolute atomic E-state index is 0.0544. The molecule has 1 aromatic carbocycles. The number of aromatic carboxylic acids is 1. The van der Waals surface area contributed by atoms with Gasteiger partial charge in [-0.25, -0.2) is 4.79 Å². The van der Waals surface area contributed by atoms with Gasteiger partial charge in [0.1, 0.15) is 11.4 Å². The van der Waals surface area contributed by atoms with Crippen LogP contribution < -0.4 is 4.74 Å². The van der Waals surface area contributed by atoms with E-state index in [1.807, 2.05) is 0 Å². The number of benzene rings is 1. The van der Waals surface area contributed by atoms with Gasteiger partial charge in [0.15, 0.2) is 0 Å². The van der Waals surface area contributed by atoms with Crippen molar-refractivity contribution in [3.63, 3.8) is 0 Å². The summed E-state index contributed by atoms with van der Waals surface area (Å²) in [6.45, 7) is -2.86. The number of H-pyrrole nitrogens is 1. The van der Waals surface area contributed by atoms with Crippen molar-refractivity contribution < 1.29 is 23.4 Å². The molecular formula is C12H9F2NO3. The number of halogens is 2. The minimum Gasteiger partial charge on any atom is -0.477 e. The average Bonchev–Trinajstić information content (AvgIpc) is 2.78. The van der Waals surface area contributed by atoms with Crippen molar-refractivity contribution in [3.05, 3.63) is 42.1 Å². The van der Waals surface area contributed by atoms with E-state index in [0.29, 0.717) is 11.3 Å². The van der Waals surface area contributed by atoms with E-state index in [4.69, 9.17) is 5.11 Å². The summed E-state index contributed by atoms with van der Waals surface area (Å²) in [4.78, 5) is 13.4. The zero-order chi connectivity index (χ0) is 13.1. The highest BCUT2D eigenvalue weighted by Gasteiger charge is 2.08. The summed E-state index contributed by atoms with van der Waals surface area (Å²) < 4.78 is 28.1. The van der Waals surface area contributed by atoms with Crippen molar-refractivity contribution in [1.82, 2.24) is 4.98 Å². The van der Waals surface area contributed by atoms with Gasteiger partial charge in [-0.2, -0.15) is 8.78 Å². The average molecular weight is 253 g/mol. The van der Waals surface area contributed by atoms with Gasteiger partial charge < -0.3 is 14.8 Å². The van der Waals surface area contributed by atoms with E-state index in [-0.39, 0.29) is 11.4 Å². The number of carboxylic acids is 1. The molecule has 4 nitrogen and oxygen atoms in total. The summed E-state index contributed by atoms with van der Waals surface area (Å²) in [5.41, 5.74) is 1.35. The SMILES string of the molecule is O=C(O)c1ccc(-c2ccc(OC(F)F)cc2)[nH]1. The van der Waals surface area contributed by atoms with Crippen LogP contribution in [0.3, 0.4) is 0 Å². The third-order valence-electron chi connectivity index (χ3n) is 2.31. The second kappa shape index (κ2) is 4.87. The predicted molar refractivity (Wildman–Crippen MR) is 59.8 cm³/mol. The summed E-state index contributed by atoms with van der Waals surface area (Å²) in [5.74, 6) is -1.00. The quantitative estimate of drug-likeness (QED) is 0.880. The van der Waals surface area contributed by atoms with Crippen molar-refractivity contribution in [2.75, 3.05) is 0 Å². The van der Waals surface area contributed by atoms with Crippen molar-refractivity contribution >= 4 is 5.97 Å². The third-order valence-corrected chi connectivity index (χ3v) is 2.31. The first kappa shape index (κ1) is 12.1. The molecule has 0 radical (unpaired) electrons. The monoisotopic (exact) mass is 253 g/mol. The normalized spacial score (nSPS) is 10.6. The minimum atomic E-state index is -2.86. The van der Waals surface area contributed by atoms with Crippen LogP contribution in [0, 0.1) is 0 Å². The van der Waals surface area contributed by atoms with E-state index in [9.17, 15) is 13.6 Å². The first-order valence-electron chi connectivity index (χ1n) is 5.04. The largest absolute Gasteiger partial charge is 0.477 e. The molecule has 0 unspecified atom stereocenters. The number of aromatic amines is 1. The number of aromatic nitrogens is 1. The molecule has 0 fully saturated rings. The lowest BCUT2D eigenvalue weighted by atomic mass is 10.1. The molecule has 0 aliphatic heterocycles. The summed E-state index contributed by atoms with van der Waals surface area (Å²) in [6, 6.07) is 8.95. The van der Waals surface area contributed by atoms with Gasteiger partial charge in [-0.15, -0.1) is 0 Å². The van der Waals surface area contributed by atoms with Gasteiger partial charge in [-0.3, -0.25) is 0 Å². The number of rotatable bonds is 4. The first-order chi connectivity index (χ1) is 8.56. The van der Waals surface area contributed by atoms with Crippen LogP contribution in [0.1, 0.15) is 10.5 Å². The van der Waals surface area contributed by atoms with Crippen molar-refractivity contribution in [1.29, 1.82) is 0 Å². The van der Waals surface area contributed by atoms with Gasteiger partial charge in [0.25, 0.3) is 0 Å². The predicted octanol–water partition coefficient (Wildman–Crippen LogP) is 2.98. The van der Waals surface area contributed by atoms with E-state index < -0.39 is 12.6 Å². The van der Waals surface area contributed by atoms with Crippen molar-refractivity contribution in [2.24, 2.45) is 0 Å². The fourth-order valence-electron chi connectivity index (χ4n) is 1.50. The molecule has 2 N–H and O–H groups in total. The molecule has 0 spiro atoms. The van der Waals surface area contributed by atoms with Gasteiger partial charge >= 0.3 is 12.6 Å². The number of alkyl halides is 2. The molecule has 0 amide bonds. The van der Waals surface area contributed by atoms with Gasteiger partial charge in [0, 0.05) is 5.69 Å². The fourth-order valence-corrected chi connectivity index (χ4v) is 1.50. The Kier molecular flexibility index (Phi) is 3.27. The second-order valence-electron chi connectivity index (χ2n) is 3.49. The molecule has 94 valence electrons. The molecule has 2 rings (SSSR count). The number of carbonyl (C=O) groups is 1. The fraction of sp³-hybridized carbons (Fsp3) is 0.0833. The number of nitrogens with one attached hydrogen (secondary N) is 1. The zero-order valence-electron chi connectivity index (χ0n) is 9.06. The maximum absolute atomic E-state index is 11.9. The topological polar surface area (TPSA) is 62.3 Å². The number of carboxylic acid groups (broad SMARTS) is 1. The zero-order valence-corrected chi connectivity index (χ0v) is 9.06. The standard InChI is InChI=1S/C12H9F2NO3/c13-12(14)18-8-3-1-7(2-4-8)9-5-6-10(15-9)11(16)17/h1-6,12,15H,(H,16,17). The lowest BCUT2D eigenvalue weighted by molar-refractivity contribution is -0.0498. The molecule has 6 heteroatoms. The van der Waals surface area contributed by atoms with Crippen LogP contribution in [0.25, 0.3) is 11.3 Å². The molecule has 1 heterocycles. The highest BCUT2D eigenvalue weighted by Crippen LogP contribution is 2.22. The van der Waals surface area contributed by atoms with Gasteiger partial charge in [0.2, 0.25) is 0 Å². The Hall–Kier alpha value is -2.37. The molecule has 0 aliphatic carbocycles. The van der Waals surface area contributed by atoms with E-state index in [0.717, 1.165) is 0 Å². The Morgan fingerprint density at radius 2 is 1.83 bits per heavy atom. The number of hydrogen-bond donors (Lipinski definition) is 2. The summed E-state index contributed by atoms with van der Waals surface area (Å²) in [6.07, 6.45) is 0. The summed E-state index contributed by atoms with van der Waals surface area (Å²) in [7, 11) is 0. The second-order valence-corrected chi connectivity index (χ2v) is 3.49. The first-order valence-corrected chi connectivity index (χ1v) is 5.04.